The maximum absolute atomic E-state index is 5.33. The quantitative estimate of drug-likeness (QED) is 0.673. The van der Waals surface area contributed by atoms with E-state index in [2.05, 4.69) is 34.4 Å². The van der Waals surface area contributed by atoms with E-state index in [0.717, 1.165) is 55.6 Å². The topological polar surface area (TPSA) is 59.1 Å². The third-order valence-corrected chi connectivity index (χ3v) is 2.79. The fraction of sp³-hybridized carbons (Fsp3) is 0.714. The molecule has 5 heteroatoms. The highest BCUT2D eigenvalue weighted by molar-refractivity contribution is 5.57. The summed E-state index contributed by atoms with van der Waals surface area (Å²) in [6.07, 6.45) is 1.92. The lowest BCUT2D eigenvalue weighted by molar-refractivity contribution is 0.158. The maximum Gasteiger partial charge on any atom is 0.134 e. The molecule has 0 atom stereocenters. The number of ether oxygens (including phenoxy) is 1. The smallest absolute Gasteiger partial charge is 0.134 e. The molecule has 0 fully saturated rings. The Morgan fingerprint density at radius 3 is 2.16 bits per heavy atom. The van der Waals surface area contributed by atoms with Crippen LogP contribution in [0.25, 0.3) is 0 Å². The molecule has 0 saturated heterocycles. The largest absolute Gasteiger partial charge is 0.380 e. The first-order valence-corrected chi connectivity index (χ1v) is 7.15. The van der Waals surface area contributed by atoms with E-state index in [-0.39, 0.29) is 0 Å². The van der Waals surface area contributed by atoms with Gasteiger partial charge in [-0.3, -0.25) is 0 Å². The summed E-state index contributed by atoms with van der Waals surface area (Å²) >= 11 is 0. The van der Waals surface area contributed by atoms with Gasteiger partial charge in [-0.05, 0) is 20.3 Å². The van der Waals surface area contributed by atoms with Crippen molar-refractivity contribution in [2.45, 2.75) is 40.5 Å². The molecule has 0 saturated carbocycles. The molecule has 0 spiro atoms. The predicted octanol–water partition coefficient (Wildman–Crippen LogP) is 2.62. The van der Waals surface area contributed by atoms with Gasteiger partial charge >= 0.3 is 0 Å². The Labute approximate surface area is 116 Å². The molecule has 1 heterocycles. The fourth-order valence-corrected chi connectivity index (χ4v) is 1.69. The van der Waals surface area contributed by atoms with Crippen LogP contribution in [0.15, 0.2) is 0 Å². The van der Waals surface area contributed by atoms with Crippen LogP contribution >= 0.6 is 0 Å². The van der Waals surface area contributed by atoms with Gasteiger partial charge in [-0.25, -0.2) is 9.97 Å². The van der Waals surface area contributed by atoms with Gasteiger partial charge < -0.3 is 15.4 Å². The number of hydrogen-bond acceptors (Lipinski definition) is 5. The van der Waals surface area contributed by atoms with E-state index in [1.807, 2.05) is 13.8 Å². The molecule has 1 aromatic heterocycles. The van der Waals surface area contributed by atoms with Crippen LogP contribution in [0.1, 0.15) is 38.6 Å². The van der Waals surface area contributed by atoms with Gasteiger partial charge in [0.1, 0.15) is 17.5 Å². The van der Waals surface area contributed by atoms with Crippen LogP contribution in [-0.2, 0) is 11.2 Å². The van der Waals surface area contributed by atoms with E-state index >= 15 is 0 Å². The Hall–Kier alpha value is -1.36. The number of aryl methyl sites for hydroxylation is 1. The van der Waals surface area contributed by atoms with Crippen molar-refractivity contribution >= 4 is 11.6 Å². The second-order valence-electron chi connectivity index (χ2n) is 4.37. The number of nitrogens with zero attached hydrogens (tertiary/aromatic N) is 2. The minimum Gasteiger partial charge on any atom is -0.380 e. The van der Waals surface area contributed by atoms with Gasteiger partial charge in [0.05, 0.1) is 6.61 Å². The van der Waals surface area contributed by atoms with Crippen molar-refractivity contribution in [3.63, 3.8) is 0 Å². The molecule has 0 amide bonds. The molecule has 108 valence electrons. The van der Waals surface area contributed by atoms with Crippen molar-refractivity contribution in [1.82, 2.24) is 9.97 Å². The average Bonchev–Trinajstić information content (AvgIpc) is 2.43. The molecule has 0 aromatic carbocycles. The third-order valence-electron chi connectivity index (χ3n) is 2.79. The third kappa shape index (κ3) is 5.03. The summed E-state index contributed by atoms with van der Waals surface area (Å²) in [5.41, 5.74) is 1.07. The van der Waals surface area contributed by atoms with Gasteiger partial charge in [0.2, 0.25) is 0 Å². The highest BCUT2D eigenvalue weighted by atomic mass is 16.5. The molecule has 19 heavy (non-hydrogen) atoms. The van der Waals surface area contributed by atoms with Gasteiger partial charge in [0.25, 0.3) is 0 Å². The zero-order valence-corrected chi connectivity index (χ0v) is 12.5. The highest BCUT2D eigenvalue weighted by Gasteiger charge is 2.09. The van der Waals surface area contributed by atoms with E-state index in [4.69, 9.17) is 4.74 Å². The van der Waals surface area contributed by atoms with Crippen LogP contribution in [0.2, 0.25) is 0 Å². The Bertz CT molecular complexity index is 382. The van der Waals surface area contributed by atoms with Crippen molar-refractivity contribution in [3.8, 4) is 0 Å². The second kappa shape index (κ2) is 8.69. The van der Waals surface area contributed by atoms with Crippen LogP contribution in [0.4, 0.5) is 11.6 Å². The Morgan fingerprint density at radius 1 is 1.00 bits per heavy atom. The molecule has 5 nitrogen and oxygen atoms in total. The molecule has 1 rings (SSSR count). The van der Waals surface area contributed by atoms with Crippen molar-refractivity contribution in [3.05, 3.63) is 11.4 Å². The second-order valence-corrected chi connectivity index (χ2v) is 4.37. The first-order valence-electron chi connectivity index (χ1n) is 7.15. The maximum atomic E-state index is 5.33. The Kier molecular flexibility index (Phi) is 7.18. The van der Waals surface area contributed by atoms with Crippen molar-refractivity contribution in [2.24, 2.45) is 0 Å². The lowest BCUT2D eigenvalue weighted by atomic mass is 10.2. The summed E-state index contributed by atoms with van der Waals surface area (Å²) in [4.78, 5) is 9.08. The van der Waals surface area contributed by atoms with Crippen LogP contribution < -0.4 is 10.6 Å². The minimum atomic E-state index is 0.694. The van der Waals surface area contributed by atoms with Crippen LogP contribution in [0.5, 0.6) is 0 Å². The molecular formula is C14H26N4O. The van der Waals surface area contributed by atoms with Gasteiger partial charge in [-0.2, -0.15) is 0 Å². The van der Waals surface area contributed by atoms with E-state index in [0.29, 0.717) is 6.61 Å². The van der Waals surface area contributed by atoms with E-state index < -0.39 is 0 Å². The predicted molar refractivity (Wildman–Crippen MR) is 79.9 cm³/mol. The molecular weight excluding hydrogens is 240 g/mol. The zero-order chi connectivity index (χ0) is 14.1. The molecule has 0 aliphatic heterocycles. The monoisotopic (exact) mass is 266 g/mol. The summed E-state index contributed by atoms with van der Waals surface area (Å²) in [5, 5.41) is 6.68. The number of nitrogens with one attached hydrogen (secondary N) is 2. The van der Waals surface area contributed by atoms with Crippen LogP contribution in [0, 0.1) is 6.92 Å². The van der Waals surface area contributed by atoms with Gasteiger partial charge in [0, 0.05) is 31.7 Å². The fourth-order valence-electron chi connectivity index (χ4n) is 1.69. The summed E-state index contributed by atoms with van der Waals surface area (Å²) < 4.78 is 5.33. The standard InChI is InChI=1S/C14H26N4O/c1-5-8-15-13-11(4)14(16-9-10-19-7-3)18-12(6-2)17-13/h5-10H2,1-4H3,(H2,15,16,17,18). The SMILES string of the molecule is CCCNc1nc(CC)nc(NCCOCC)c1C. The highest BCUT2D eigenvalue weighted by Crippen LogP contribution is 2.20. The normalized spacial score (nSPS) is 10.5. The Morgan fingerprint density at radius 2 is 1.63 bits per heavy atom. The van der Waals surface area contributed by atoms with Crippen LogP contribution in [-0.4, -0.2) is 36.3 Å². The molecule has 0 aliphatic carbocycles. The van der Waals surface area contributed by atoms with Crippen molar-refractivity contribution in [2.75, 3.05) is 36.9 Å². The zero-order valence-electron chi connectivity index (χ0n) is 12.5. The molecule has 0 bridgehead atoms. The Balaban J connectivity index is 2.76. The van der Waals surface area contributed by atoms with E-state index in [1.54, 1.807) is 0 Å². The summed E-state index contributed by atoms with van der Waals surface area (Å²) in [6, 6.07) is 0. The number of hydrogen-bond donors (Lipinski definition) is 2. The average molecular weight is 266 g/mol. The van der Waals surface area contributed by atoms with Gasteiger partial charge in [-0.15, -0.1) is 0 Å². The van der Waals surface area contributed by atoms with E-state index in [1.165, 1.54) is 0 Å². The first-order chi connectivity index (χ1) is 9.22. The van der Waals surface area contributed by atoms with Crippen LogP contribution in [0.3, 0.4) is 0 Å². The molecule has 1 aromatic rings. The van der Waals surface area contributed by atoms with Crippen molar-refractivity contribution < 1.29 is 4.74 Å². The summed E-state index contributed by atoms with van der Waals surface area (Å²) in [7, 11) is 0. The van der Waals surface area contributed by atoms with E-state index in [9.17, 15) is 0 Å². The number of rotatable bonds is 9. The summed E-state index contributed by atoms with van der Waals surface area (Å²) in [5.74, 6) is 2.71. The molecule has 0 aliphatic rings. The minimum absolute atomic E-state index is 0.694. The van der Waals surface area contributed by atoms with Crippen molar-refractivity contribution in [1.29, 1.82) is 0 Å². The number of aromatic nitrogens is 2. The summed E-state index contributed by atoms with van der Waals surface area (Å²) in [6.45, 7) is 11.4. The lowest BCUT2D eigenvalue weighted by Gasteiger charge is -2.14. The molecule has 0 unspecified atom stereocenters. The van der Waals surface area contributed by atoms with Gasteiger partial charge in [0.15, 0.2) is 0 Å². The number of anilines is 2. The lowest BCUT2D eigenvalue weighted by Crippen LogP contribution is -2.15. The molecule has 2 N–H and O–H groups in total. The first kappa shape index (κ1) is 15.7. The van der Waals surface area contributed by atoms with Gasteiger partial charge in [-0.1, -0.05) is 13.8 Å². The molecule has 0 radical (unpaired) electrons.